The first kappa shape index (κ1) is 13.5. The first-order valence-corrected chi connectivity index (χ1v) is 5.65. The molecule has 20 heavy (non-hydrogen) atoms. The van der Waals surface area contributed by atoms with Crippen LogP contribution in [0.4, 0.5) is 0 Å². The van der Waals surface area contributed by atoms with E-state index in [1.807, 2.05) is 0 Å². The summed E-state index contributed by atoms with van der Waals surface area (Å²) in [6, 6.07) is 7.49. The molecule has 0 aliphatic rings. The second-order valence-corrected chi connectivity index (χ2v) is 3.80. The number of hydrogen-bond donors (Lipinski definition) is 1. The molecule has 2 rings (SSSR count). The largest absolute Gasteiger partial charge is 0.478 e. The van der Waals surface area contributed by atoms with Crippen molar-refractivity contribution in [3.63, 3.8) is 0 Å². The third-order valence-electron chi connectivity index (χ3n) is 2.52. The highest BCUT2D eigenvalue weighted by Gasteiger charge is 2.12. The topological polar surface area (TPSA) is 85.7 Å². The molecule has 0 fully saturated rings. The molecule has 0 saturated carbocycles. The molecule has 1 N–H and O–H groups in total. The number of carboxylic acid groups (broad SMARTS) is 1. The van der Waals surface area contributed by atoms with Crippen molar-refractivity contribution in [3.05, 3.63) is 53.9 Å². The normalized spacial score (nSPS) is 9.85. The van der Waals surface area contributed by atoms with Crippen LogP contribution in [0.1, 0.15) is 20.7 Å². The Morgan fingerprint density at radius 1 is 1.15 bits per heavy atom. The van der Waals surface area contributed by atoms with Gasteiger partial charge in [-0.3, -0.25) is 4.98 Å². The Hall–Kier alpha value is -2.89. The van der Waals surface area contributed by atoms with Crippen molar-refractivity contribution < 1.29 is 24.2 Å². The zero-order valence-electron chi connectivity index (χ0n) is 10.6. The first-order valence-electron chi connectivity index (χ1n) is 5.65. The fraction of sp³-hybridized carbons (Fsp3) is 0.0714. The number of carbonyl (C=O) groups excluding carboxylic acids is 1. The number of rotatable bonds is 4. The Morgan fingerprint density at radius 2 is 1.85 bits per heavy atom. The van der Waals surface area contributed by atoms with Gasteiger partial charge in [-0.15, -0.1) is 0 Å². The number of esters is 1. The maximum atomic E-state index is 11.3. The molecular formula is C14H11NO5. The lowest BCUT2D eigenvalue weighted by Crippen LogP contribution is -2.02. The van der Waals surface area contributed by atoms with Gasteiger partial charge in [0, 0.05) is 6.20 Å². The Bertz CT molecular complexity index is 636. The van der Waals surface area contributed by atoms with Gasteiger partial charge >= 0.3 is 11.9 Å². The van der Waals surface area contributed by atoms with Gasteiger partial charge < -0.3 is 14.6 Å². The van der Waals surface area contributed by atoms with Crippen LogP contribution in [0.2, 0.25) is 0 Å². The predicted molar refractivity (Wildman–Crippen MR) is 69.1 cm³/mol. The first-order chi connectivity index (χ1) is 9.61. The van der Waals surface area contributed by atoms with E-state index in [9.17, 15) is 9.59 Å². The molecule has 0 amide bonds. The molecule has 0 bridgehead atoms. The van der Waals surface area contributed by atoms with E-state index in [0.717, 1.165) is 0 Å². The van der Waals surface area contributed by atoms with Crippen LogP contribution < -0.4 is 4.74 Å². The number of carboxylic acids is 1. The molecular weight excluding hydrogens is 262 g/mol. The number of pyridine rings is 1. The van der Waals surface area contributed by atoms with Crippen LogP contribution in [0.5, 0.6) is 11.5 Å². The van der Waals surface area contributed by atoms with Gasteiger partial charge in [-0.1, -0.05) is 0 Å². The fourth-order valence-electron chi connectivity index (χ4n) is 1.54. The van der Waals surface area contributed by atoms with Crippen LogP contribution in [0, 0.1) is 0 Å². The molecule has 6 heteroatoms. The lowest BCUT2D eigenvalue weighted by Gasteiger charge is -2.08. The van der Waals surface area contributed by atoms with Gasteiger partial charge in [0.1, 0.15) is 11.3 Å². The Labute approximate surface area is 114 Å². The van der Waals surface area contributed by atoms with E-state index < -0.39 is 11.9 Å². The minimum atomic E-state index is -1.10. The highest BCUT2D eigenvalue weighted by molar-refractivity contribution is 5.91. The molecule has 0 aliphatic heterocycles. The summed E-state index contributed by atoms with van der Waals surface area (Å²) in [5.41, 5.74) is 0.390. The summed E-state index contributed by atoms with van der Waals surface area (Å²) in [6.45, 7) is 0. The van der Waals surface area contributed by atoms with Crippen molar-refractivity contribution in [1.29, 1.82) is 0 Å². The molecule has 0 radical (unpaired) electrons. The summed E-state index contributed by atoms with van der Waals surface area (Å²) in [5.74, 6) is -1.03. The Kier molecular flexibility index (Phi) is 3.95. The van der Waals surface area contributed by atoms with Gasteiger partial charge in [-0.25, -0.2) is 9.59 Å². The second-order valence-electron chi connectivity index (χ2n) is 3.80. The van der Waals surface area contributed by atoms with Crippen molar-refractivity contribution in [2.24, 2.45) is 0 Å². The van der Waals surface area contributed by atoms with Crippen molar-refractivity contribution in [2.45, 2.75) is 0 Å². The van der Waals surface area contributed by atoms with Gasteiger partial charge in [-0.05, 0) is 30.3 Å². The van der Waals surface area contributed by atoms with Crippen LogP contribution in [0.25, 0.3) is 0 Å². The third kappa shape index (κ3) is 2.92. The van der Waals surface area contributed by atoms with Crippen molar-refractivity contribution >= 4 is 11.9 Å². The van der Waals surface area contributed by atoms with Gasteiger partial charge in [-0.2, -0.15) is 0 Å². The van der Waals surface area contributed by atoms with Gasteiger partial charge in [0.2, 0.25) is 0 Å². The summed E-state index contributed by atoms with van der Waals surface area (Å²) in [6.07, 6.45) is 2.69. The van der Waals surface area contributed by atoms with E-state index in [-0.39, 0.29) is 11.3 Å². The highest BCUT2D eigenvalue weighted by atomic mass is 16.5. The van der Waals surface area contributed by atoms with Crippen LogP contribution in [-0.2, 0) is 4.74 Å². The molecule has 1 aromatic carbocycles. The van der Waals surface area contributed by atoms with Gasteiger partial charge in [0.05, 0.1) is 18.9 Å². The SMILES string of the molecule is COC(=O)c1ccc(Oc2cnccc2C(=O)O)cc1. The lowest BCUT2D eigenvalue weighted by atomic mass is 10.2. The fourth-order valence-corrected chi connectivity index (χ4v) is 1.54. The molecule has 2 aromatic rings. The molecule has 0 saturated heterocycles. The van der Waals surface area contributed by atoms with E-state index in [1.54, 1.807) is 12.1 Å². The van der Waals surface area contributed by atoms with E-state index in [1.165, 1.54) is 37.7 Å². The van der Waals surface area contributed by atoms with E-state index >= 15 is 0 Å². The van der Waals surface area contributed by atoms with Crippen LogP contribution in [0.15, 0.2) is 42.7 Å². The van der Waals surface area contributed by atoms with Crippen molar-refractivity contribution in [1.82, 2.24) is 4.98 Å². The molecule has 102 valence electrons. The molecule has 0 unspecified atom stereocenters. The summed E-state index contributed by atoms with van der Waals surface area (Å²) < 4.78 is 10.0. The monoisotopic (exact) mass is 273 g/mol. The molecule has 0 atom stereocenters. The van der Waals surface area contributed by atoms with Crippen LogP contribution in [0.3, 0.4) is 0 Å². The van der Waals surface area contributed by atoms with Crippen LogP contribution >= 0.6 is 0 Å². The summed E-state index contributed by atoms with van der Waals surface area (Å²) in [4.78, 5) is 26.1. The predicted octanol–water partition coefficient (Wildman–Crippen LogP) is 2.36. The van der Waals surface area contributed by atoms with Crippen LogP contribution in [-0.4, -0.2) is 29.1 Å². The number of ether oxygens (including phenoxy) is 2. The zero-order valence-corrected chi connectivity index (χ0v) is 10.6. The maximum Gasteiger partial charge on any atom is 0.339 e. The number of hydrogen-bond acceptors (Lipinski definition) is 5. The highest BCUT2D eigenvalue weighted by Crippen LogP contribution is 2.24. The number of aromatic nitrogens is 1. The number of nitrogens with zero attached hydrogens (tertiary/aromatic N) is 1. The second kappa shape index (κ2) is 5.83. The quantitative estimate of drug-likeness (QED) is 0.860. The number of carbonyl (C=O) groups is 2. The molecule has 1 heterocycles. The zero-order chi connectivity index (χ0) is 14.5. The minimum absolute atomic E-state index is 0.0112. The Balaban J connectivity index is 2.23. The smallest absolute Gasteiger partial charge is 0.339 e. The molecule has 6 nitrogen and oxygen atoms in total. The molecule has 0 spiro atoms. The van der Waals surface area contributed by atoms with E-state index in [4.69, 9.17) is 9.84 Å². The van der Waals surface area contributed by atoms with Gasteiger partial charge in [0.25, 0.3) is 0 Å². The van der Waals surface area contributed by atoms with E-state index in [0.29, 0.717) is 11.3 Å². The molecule has 0 aliphatic carbocycles. The standard InChI is InChI=1S/C14H11NO5/c1-19-14(18)9-2-4-10(5-3-9)20-12-8-15-7-6-11(12)13(16)17/h2-8H,1H3,(H,16,17). The average Bonchev–Trinajstić information content (AvgIpc) is 2.47. The van der Waals surface area contributed by atoms with Crippen molar-refractivity contribution in [2.75, 3.05) is 7.11 Å². The summed E-state index contributed by atoms with van der Waals surface area (Å²) >= 11 is 0. The molecule has 1 aromatic heterocycles. The number of benzene rings is 1. The summed E-state index contributed by atoms with van der Waals surface area (Å²) in [5, 5.41) is 9.02. The van der Waals surface area contributed by atoms with Crippen molar-refractivity contribution in [3.8, 4) is 11.5 Å². The maximum absolute atomic E-state index is 11.3. The number of methoxy groups -OCH3 is 1. The third-order valence-corrected chi connectivity index (χ3v) is 2.52. The average molecular weight is 273 g/mol. The van der Waals surface area contributed by atoms with E-state index in [2.05, 4.69) is 9.72 Å². The lowest BCUT2D eigenvalue weighted by molar-refractivity contribution is 0.0600. The van der Waals surface area contributed by atoms with Gasteiger partial charge in [0.15, 0.2) is 5.75 Å². The Morgan fingerprint density at radius 3 is 2.45 bits per heavy atom. The minimum Gasteiger partial charge on any atom is -0.478 e. The summed E-state index contributed by atoms with van der Waals surface area (Å²) in [7, 11) is 1.29. The number of aromatic carboxylic acids is 1.